The first kappa shape index (κ1) is 15.3. The molecule has 0 fully saturated rings. The molecule has 0 atom stereocenters. The Bertz CT molecular complexity index is 638. The maximum Gasteiger partial charge on any atom is 0.252 e. The van der Waals surface area contributed by atoms with Crippen LogP contribution in [0.5, 0.6) is 0 Å². The second-order valence-electron chi connectivity index (χ2n) is 4.46. The Morgan fingerprint density at radius 3 is 2.90 bits per heavy atom. The van der Waals surface area contributed by atoms with Gasteiger partial charge in [-0.25, -0.2) is 0 Å². The number of hydrogen-bond acceptors (Lipinski definition) is 3. The van der Waals surface area contributed by atoms with E-state index in [9.17, 15) is 4.79 Å². The molecule has 2 aromatic rings. The number of amides is 1. The topological polar surface area (TPSA) is 49.3 Å². The number of aliphatic hydroxyl groups excluding tert-OH is 1. The Balaban J connectivity index is 1.97. The molecule has 4 heteroatoms. The van der Waals surface area contributed by atoms with Gasteiger partial charge in [0.1, 0.15) is 0 Å². The molecule has 1 heterocycles. The third kappa shape index (κ3) is 4.75. The van der Waals surface area contributed by atoms with E-state index in [0.29, 0.717) is 24.1 Å². The first-order valence-corrected chi connectivity index (χ1v) is 7.73. The normalized spacial score (nSPS) is 9.76. The van der Waals surface area contributed by atoms with E-state index >= 15 is 0 Å². The highest BCUT2D eigenvalue weighted by Crippen LogP contribution is 2.08. The molecule has 2 N–H and O–H groups in total. The summed E-state index contributed by atoms with van der Waals surface area (Å²) in [6.45, 7) is 0.635. The fourth-order valence-electron chi connectivity index (χ4n) is 1.85. The predicted molar refractivity (Wildman–Crippen MR) is 85.4 cm³/mol. The van der Waals surface area contributed by atoms with E-state index in [1.807, 2.05) is 23.6 Å². The molecule has 0 aliphatic heterocycles. The van der Waals surface area contributed by atoms with E-state index in [2.05, 4.69) is 28.6 Å². The van der Waals surface area contributed by atoms with Gasteiger partial charge in [0, 0.05) is 18.5 Å². The summed E-state index contributed by atoms with van der Waals surface area (Å²) in [5, 5.41) is 15.8. The van der Waals surface area contributed by atoms with Gasteiger partial charge >= 0.3 is 0 Å². The molecule has 1 amide bonds. The average Bonchev–Trinajstić information content (AvgIpc) is 3.01. The molecule has 0 bridgehead atoms. The van der Waals surface area contributed by atoms with Crippen molar-refractivity contribution in [3.63, 3.8) is 0 Å². The van der Waals surface area contributed by atoms with Gasteiger partial charge in [-0.2, -0.15) is 11.3 Å². The molecule has 0 aliphatic rings. The van der Waals surface area contributed by atoms with Crippen molar-refractivity contribution in [3.05, 3.63) is 57.8 Å². The van der Waals surface area contributed by atoms with Gasteiger partial charge in [0.2, 0.25) is 0 Å². The molecule has 2 rings (SSSR count). The summed E-state index contributed by atoms with van der Waals surface area (Å²) >= 11 is 1.66. The molecule has 0 saturated heterocycles. The number of carbonyl (C=O) groups is 1. The number of rotatable bonds is 5. The van der Waals surface area contributed by atoms with E-state index in [-0.39, 0.29) is 12.5 Å². The van der Waals surface area contributed by atoms with Crippen molar-refractivity contribution >= 4 is 17.2 Å². The highest BCUT2D eigenvalue weighted by atomic mass is 32.1. The van der Waals surface area contributed by atoms with Crippen LogP contribution in [0.2, 0.25) is 0 Å². The van der Waals surface area contributed by atoms with Gasteiger partial charge in [-0.15, -0.1) is 0 Å². The van der Waals surface area contributed by atoms with E-state index in [1.165, 1.54) is 5.56 Å². The van der Waals surface area contributed by atoms with Gasteiger partial charge < -0.3 is 10.4 Å². The zero-order valence-corrected chi connectivity index (χ0v) is 12.5. The SMILES string of the molecule is O=C(NCCc1ccsc1)c1ccccc1C#CCCO. The third-order valence-corrected chi connectivity index (χ3v) is 3.64. The molecule has 0 radical (unpaired) electrons. The molecule has 0 aliphatic carbocycles. The van der Waals surface area contributed by atoms with Gasteiger partial charge in [0.05, 0.1) is 12.2 Å². The van der Waals surface area contributed by atoms with Crippen LogP contribution >= 0.6 is 11.3 Å². The summed E-state index contributed by atoms with van der Waals surface area (Å²) < 4.78 is 0. The second kappa shape index (κ2) is 8.25. The predicted octanol–water partition coefficient (Wildman–Crippen LogP) is 2.45. The van der Waals surface area contributed by atoms with Crippen LogP contribution in [0.4, 0.5) is 0 Å². The summed E-state index contributed by atoms with van der Waals surface area (Å²) in [6.07, 6.45) is 1.24. The molecule has 0 saturated carbocycles. The molecule has 108 valence electrons. The molecule has 1 aromatic carbocycles. The van der Waals surface area contributed by atoms with Gasteiger partial charge in [-0.3, -0.25) is 4.79 Å². The van der Waals surface area contributed by atoms with Gasteiger partial charge in [-0.1, -0.05) is 24.0 Å². The maximum atomic E-state index is 12.2. The summed E-state index contributed by atoms with van der Waals surface area (Å²) in [7, 11) is 0. The fraction of sp³-hybridized carbons (Fsp3) is 0.235. The van der Waals surface area contributed by atoms with Crippen molar-refractivity contribution in [2.24, 2.45) is 0 Å². The first-order valence-electron chi connectivity index (χ1n) is 6.79. The quantitative estimate of drug-likeness (QED) is 0.833. The van der Waals surface area contributed by atoms with E-state index in [0.717, 1.165) is 6.42 Å². The Morgan fingerprint density at radius 2 is 2.14 bits per heavy atom. The van der Waals surface area contributed by atoms with E-state index in [4.69, 9.17) is 5.11 Å². The minimum absolute atomic E-state index is 0.0298. The standard InChI is InChI=1S/C17H17NO2S/c19-11-4-3-6-15-5-1-2-7-16(15)17(20)18-10-8-14-9-12-21-13-14/h1-2,5,7,9,12-13,19H,4,8,10-11H2,(H,18,20). The Morgan fingerprint density at radius 1 is 1.29 bits per heavy atom. The van der Waals surface area contributed by atoms with Crippen LogP contribution < -0.4 is 5.32 Å². The number of carbonyl (C=O) groups excluding carboxylic acids is 1. The van der Waals surface area contributed by atoms with Crippen molar-refractivity contribution < 1.29 is 9.90 Å². The monoisotopic (exact) mass is 299 g/mol. The summed E-state index contributed by atoms with van der Waals surface area (Å²) in [5.41, 5.74) is 2.50. The van der Waals surface area contributed by atoms with Crippen LogP contribution in [0.25, 0.3) is 0 Å². The minimum atomic E-state index is -0.112. The molecule has 21 heavy (non-hydrogen) atoms. The maximum absolute atomic E-state index is 12.2. The van der Waals surface area contributed by atoms with Crippen molar-refractivity contribution in [2.45, 2.75) is 12.8 Å². The lowest BCUT2D eigenvalue weighted by atomic mass is 10.1. The largest absolute Gasteiger partial charge is 0.395 e. The van der Waals surface area contributed by atoms with Crippen molar-refractivity contribution in [3.8, 4) is 11.8 Å². The van der Waals surface area contributed by atoms with Gasteiger partial charge in [0.25, 0.3) is 5.91 Å². The average molecular weight is 299 g/mol. The van der Waals surface area contributed by atoms with Gasteiger partial charge in [0.15, 0.2) is 0 Å². The van der Waals surface area contributed by atoms with Crippen molar-refractivity contribution in [2.75, 3.05) is 13.2 Å². The Hall–Kier alpha value is -2.09. The number of benzene rings is 1. The zero-order valence-electron chi connectivity index (χ0n) is 11.6. The lowest BCUT2D eigenvalue weighted by molar-refractivity contribution is 0.0954. The first-order chi connectivity index (χ1) is 10.3. The Labute approximate surface area is 128 Å². The summed E-state index contributed by atoms with van der Waals surface area (Å²) in [5.74, 6) is 5.66. The van der Waals surface area contributed by atoms with Crippen LogP contribution in [0.3, 0.4) is 0 Å². The highest BCUT2D eigenvalue weighted by Gasteiger charge is 2.08. The van der Waals surface area contributed by atoms with E-state index < -0.39 is 0 Å². The van der Waals surface area contributed by atoms with Crippen LogP contribution in [0, 0.1) is 11.8 Å². The van der Waals surface area contributed by atoms with Crippen LogP contribution in [-0.4, -0.2) is 24.2 Å². The lowest BCUT2D eigenvalue weighted by Gasteiger charge is -2.06. The van der Waals surface area contributed by atoms with Crippen LogP contribution in [0.15, 0.2) is 41.1 Å². The fourth-order valence-corrected chi connectivity index (χ4v) is 2.56. The summed E-state index contributed by atoms with van der Waals surface area (Å²) in [4.78, 5) is 12.2. The smallest absolute Gasteiger partial charge is 0.252 e. The van der Waals surface area contributed by atoms with E-state index in [1.54, 1.807) is 17.4 Å². The molecule has 0 unspecified atom stereocenters. The second-order valence-corrected chi connectivity index (χ2v) is 5.24. The van der Waals surface area contributed by atoms with Crippen molar-refractivity contribution in [1.82, 2.24) is 5.32 Å². The number of nitrogens with one attached hydrogen (secondary N) is 1. The minimum Gasteiger partial charge on any atom is -0.395 e. The van der Waals surface area contributed by atoms with Crippen LogP contribution in [-0.2, 0) is 6.42 Å². The third-order valence-electron chi connectivity index (χ3n) is 2.91. The molecule has 3 nitrogen and oxygen atoms in total. The molecular weight excluding hydrogens is 282 g/mol. The van der Waals surface area contributed by atoms with Crippen LogP contribution in [0.1, 0.15) is 27.9 Å². The highest BCUT2D eigenvalue weighted by molar-refractivity contribution is 7.07. The number of thiophene rings is 1. The van der Waals surface area contributed by atoms with Crippen molar-refractivity contribution in [1.29, 1.82) is 0 Å². The van der Waals surface area contributed by atoms with Gasteiger partial charge in [-0.05, 0) is 40.9 Å². The molecular formula is C17H17NO2S. The zero-order chi connectivity index (χ0) is 14.9. The molecule has 1 aromatic heterocycles. The summed E-state index contributed by atoms with van der Waals surface area (Å²) in [6, 6.07) is 9.32. The number of aliphatic hydroxyl groups is 1. The lowest BCUT2D eigenvalue weighted by Crippen LogP contribution is -2.26. The molecule has 0 spiro atoms. The number of hydrogen-bond donors (Lipinski definition) is 2. The Kier molecular flexibility index (Phi) is 6.01.